The Bertz CT molecular complexity index is 970. The molecule has 3 aromatic carbocycles. The minimum Gasteiger partial charge on any atom is -0.312 e. The van der Waals surface area contributed by atoms with E-state index in [2.05, 4.69) is 104 Å². The number of hydrogen-bond acceptors (Lipinski definition) is 2. The first-order chi connectivity index (χ1) is 16.2. The Labute approximate surface area is 200 Å². The topological polar surface area (TPSA) is 24.4 Å². The minimum absolute atomic E-state index is 0.270. The molecule has 0 bridgehead atoms. The third-order valence-corrected chi connectivity index (χ3v) is 7.07. The molecule has 0 aliphatic carbocycles. The Morgan fingerprint density at radius 1 is 0.879 bits per heavy atom. The van der Waals surface area contributed by atoms with Crippen LogP contribution in [0.1, 0.15) is 73.6 Å². The molecule has 0 saturated carbocycles. The number of rotatable bonds is 10. The van der Waals surface area contributed by atoms with Gasteiger partial charge >= 0.3 is 0 Å². The van der Waals surface area contributed by atoms with E-state index in [0.29, 0.717) is 12.0 Å². The second kappa shape index (κ2) is 12.0. The largest absolute Gasteiger partial charge is 0.312 e. The van der Waals surface area contributed by atoms with Gasteiger partial charge in [0.1, 0.15) is 0 Å². The van der Waals surface area contributed by atoms with Gasteiger partial charge in [0.2, 0.25) is 0 Å². The molecule has 0 saturated heterocycles. The van der Waals surface area contributed by atoms with Gasteiger partial charge in [0.25, 0.3) is 0 Å². The molecule has 2 atom stereocenters. The summed E-state index contributed by atoms with van der Waals surface area (Å²) >= 11 is 0. The molecular formula is C31H38N2. The van der Waals surface area contributed by atoms with Gasteiger partial charge in [-0.25, -0.2) is 0 Å². The Kier molecular flexibility index (Phi) is 8.49. The SMILES string of the molecule is CCC(C)c1cccc(CCCNC2CCC(C(c3ccccc3)c3ccccc3)=NC2)c1. The maximum atomic E-state index is 5.10. The van der Waals surface area contributed by atoms with Gasteiger partial charge in [-0.3, -0.25) is 4.99 Å². The Morgan fingerprint density at radius 3 is 2.15 bits per heavy atom. The number of nitrogens with zero attached hydrogens (tertiary/aromatic N) is 1. The van der Waals surface area contributed by atoms with Gasteiger partial charge in [-0.2, -0.15) is 0 Å². The molecule has 1 heterocycles. The fourth-order valence-electron chi connectivity index (χ4n) is 4.88. The van der Waals surface area contributed by atoms with Crippen molar-refractivity contribution < 1.29 is 0 Å². The predicted octanol–water partition coefficient (Wildman–Crippen LogP) is 7.16. The van der Waals surface area contributed by atoms with Crippen LogP contribution in [0.5, 0.6) is 0 Å². The zero-order valence-electron chi connectivity index (χ0n) is 20.2. The third kappa shape index (κ3) is 6.42. The van der Waals surface area contributed by atoms with E-state index < -0.39 is 0 Å². The van der Waals surface area contributed by atoms with Gasteiger partial charge < -0.3 is 5.32 Å². The van der Waals surface area contributed by atoms with Crippen LogP contribution in [0, 0.1) is 0 Å². The van der Waals surface area contributed by atoms with Crippen molar-refractivity contribution in [3.8, 4) is 0 Å². The van der Waals surface area contributed by atoms with Crippen molar-refractivity contribution in [2.45, 2.75) is 63.8 Å². The van der Waals surface area contributed by atoms with Crippen LogP contribution in [0.3, 0.4) is 0 Å². The molecule has 1 aliphatic heterocycles. The van der Waals surface area contributed by atoms with Gasteiger partial charge in [0.05, 0.1) is 6.54 Å². The van der Waals surface area contributed by atoms with Gasteiger partial charge in [0, 0.05) is 17.7 Å². The summed E-state index contributed by atoms with van der Waals surface area (Å²) in [5.41, 5.74) is 6.95. The zero-order valence-corrected chi connectivity index (χ0v) is 20.2. The summed E-state index contributed by atoms with van der Waals surface area (Å²) in [6.07, 6.45) is 5.74. The molecule has 0 spiro atoms. The predicted molar refractivity (Wildman–Crippen MR) is 142 cm³/mol. The van der Waals surface area contributed by atoms with Crippen LogP contribution in [0.15, 0.2) is 89.9 Å². The summed E-state index contributed by atoms with van der Waals surface area (Å²) in [6.45, 7) is 6.53. The van der Waals surface area contributed by atoms with E-state index in [-0.39, 0.29) is 5.92 Å². The molecule has 0 radical (unpaired) electrons. The molecular weight excluding hydrogens is 400 g/mol. The van der Waals surface area contributed by atoms with Crippen LogP contribution < -0.4 is 5.32 Å². The quantitative estimate of drug-likeness (QED) is 0.334. The number of benzene rings is 3. The smallest absolute Gasteiger partial charge is 0.0542 e. The van der Waals surface area contributed by atoms with Crippen LogP contribution in [0.25, 0.3) is 0 Å². The van der Waals surface area contributed by atoms with E-state index in [4.69, 9.17) is 4.99 Å². The van der Waals surface area contributed by atoms with E-state index in [9.17, 15) is 0 Å². The highest BCUT2D eigenvalue weighted by atomic mass is 15.0. The molecule has 1 aliphatic rings. The molecule has 0 amide bonds. The van der Waals surface area contributed by atoms with Crippen molar-refractivity contribution >= 4 is 5.71 Å². The molecule has 2 nitrogen and oxygen atoms in total. The van der Waals surface area contributed by atoms with Gasteiger partial charge in [0.15, 0.2) is 0 Å². The fraction of sp³-hybridized carbons (Fsp3) is 0.387. The summed E-state index contributed by atoms with van der Waals surface area (Å²) in [4.78, 5) is 5.10. The van der Waals surface area contributed by atoms with Gasteiger partial charge in [-0.05, 0) is 66.8 Å². The van der Waals surface area contributed by atoms with Crippen molar-refractivity contribution in [2.75, 3.05) is 13.1 Å². The summed E-state index contributed by atoms with van der Waals surface area (Å²) in [5, 5.41) is 3.77. The molecule has 172 valence electrons. The van der Waals surface area contributed by atoms with Crippen molar-refractivity contribution in [3.63, 3.8) is 0 Å². The maximum absolute atomic E-state index is 5.10. The average molecular weight is 439 g/mol. The highest BCUT2D eigenvalue weighted by molar-refractivity contribution is 5.94. The molecule has 33 heavy (non-hydrogen) atoms. The van der Waals surface area contributed by atoms with Crippen molar-refractivity contribution in [1.29, 1.82) is 0 Å². The van der Waals surface area contributed by atoms with Crippen LogP contribution in [0.2, 0.25) is 0 Å². The number of aryl methyl sites for hydroxylation is 1. The minimum atomic E-state index is 0.270. The highest BCUT2D eigenvalue weighted by Gasteiger charge is 2.24. The molecule has 3 aromatic rings. The summed E-state index contributed by atoms with van der Waals surface area (Å²) in [5.74, 6) is 0.916. The van der Waals surface area contributed by atoms with Crippen LogP contribution >= 0.6 is 0 Å². The van der Waals surface area contributed by atoms with E-state index in [1.54, 1.807) is 0 Å². The molecule has 4 rings (SSSR count). The summed E-state index contributed by atoms with van der Waals surface area (Å²) < 4.78 is 0. The van der Waals surface area contributed by atoms with Crippen molar-refractivity contribution in [1.82, 2.24) is 5.32 Å². The maximum Gasteiger partial charge on any atom is 0.0542 e. The van der Waals surface area contributed by atoms with Crippen LogP contribution in [-0.4, -0.2) is 24.8 Å². The van der Waals surface area contributed by atoms with Crippen LogP contribution in [-0.2, 0) is 6.42 Å². The number of aliphatic imine (C=N–C) groups is 1. The molecule has 2 heteroatoms. The Morgan fingerprint density at radius 2 is 1.55 bits per heavy atom. The first-order valence-electron chi connectivity index (χ1n) is 12.7. The van der Waals surface area contributed by atoms with Crippen molar-refractivity contribution in [3.05, 3.63) is 107 Å². The average Bonchev–Trinajstić information content (AvgIpc) is 2.88. The summed E-state index contributed by atoms with van der Waals surface area (Å²) in [6, 6.07) is 31.3. The lowest BCUT2D eigenvalue weighted by molar-refractivity contribution is 0.475. The fourth-order valence-corrected chi connectivity index (χ4v) is 4.88. The second-order valence-electron chi connectivity index (χ2n) is 9.43. The zero-order chi connectivity index (χ0) is 22.9. The second-order valence-corrected chi connectivity index (χ2v) is 9.43. The third-order valence-electron chi connectivity index (χ3n) is 7.07. The Hall–Kier alpha value is -2.71. The number of hydrogen-bond donors (Lipinski definition) is 1. The molecule has 1 N–H and O–H groups in total. The lowest BCUT2D eigenvalue weighted by atomic mass is 9.83. The first kappa shape index (κ1) is 23.4. The first-order valence-corrected chi connectivity index (χ1v) is 12.7. The molecule has 2 unspecified atom stereocenters. The van der Waals surface area contributed by atoms with Crippen LogP contribution in [0.4, 0.5) is 0 Å². The lowest BCUT2D eigenvalue weighted by Gasteiger charge is -2.27. The van der Waals surface area contributed by atoms with E-state index in [1.165, 1.54) is 47.2 Å². The summed E-state index contributed by atoms with van der Waals surface area (Å²) in [7, 11) is 0. The molecule has 0 fully saturated rings. The standard InChI is InChI=1S/C31H38N2/c1-3-24(2)28-18-10-12-25(22-28)13-11-21-32-29-19-20-30(33-23-29)31(26-14-6-4-7-15-26)27-16-8-5-9-17-27/h4-10,12,14-18,22,24,29,31-32H,3,11,13,19-21,23H2,1-2H3. The van der Waals surface area contributed by atoms with Gasteiger partial charge in [-0.15, -0.1) is 0 Å². The molecule has 0 aromatic heterocycles. The Balaban J connectivity index is 1.31. The van der Waals surface area contributed by atoms with Gasteiger partial charge in [-0.1, -0.05) is 98.8 Å². The van der Waals surface area contributed by atoms with Crippen molar-refractivity contribution in [2.24, 2.45) is 4.99 Å². The highest BCUT2D eigenvalue weighted by Crippen LogP contribution is 2.30. The normalized spacial score (nSPS) is 17.1. The van der Waals surface area contributed by atoms with E-state index >= 15 is 0 Å². The monoisotopic (exact) mass is 438 g/mol. The van der Waals surface area contributed by atoms with E-state index in [1.807, 2.05) is 0 Å². The lowest BCUT2D eigenvalue weighted by Crippen LogP contribution is -2.37. The number of nitrogens with one attached hydrogen (secondary N) is 1. The van der Waals surface area contributed by atoms with E-state index in [0.717, 1.165) is 25.9 Å².